The highest BCUT2D eigenvalue weighted by Crippen LogP contribution is 2.22. The lowest BCUT2D eigenvalue weighted by molar-refractivity contribution is -0.109. The van der Waals surface area contributed by atoms with Gasteiger partial charge in [0.05, 0.1) is 0 Å². The molecule has 2 aromatic rings. The molecule has 0 heterocycles. The van der Waals surface area contributed by atoms with Crippen LogP contribution in [-0.2, 0) is 4.79 Å². The summed E-state index contributed by atoms with van der Waals surface area (Å²) in [4.78, 5) is 11.6. The highest BCUT2D eigenvalue weighted by Gasteiger charge is 2.24. The van der Waals surface area contributed by atoms with E-state index in [0.717, 1.165) is 11.8 Å². The number of hydrogen-bond donors (Lipinski definition) is 0. The van der Waals surface area contributed by atoms with E-state index in [-0.39, 0.29) is 5.12 Å². The van der Waals surface area contributed by atoms with Crippen LogP contribution in [0, 0.1) is 40.9 Å². The fourth-order valence-electron chi connectivity index (χ4n) is 1.62. The molecule has 0 fully saturated rings. The molecule has 0 atom stereocenters. The van der Waals surface area contributed by atoms with E-state index >= 15 is 0 Å². The van der Waals surface area contributed by atoms with Gasteiger partial charge in [0.15, 0.2) is 28.4 Å². The van der Waals surface area contributed by atoms with Gasteiger partial charge in [-0.1, -0.05) is 23.6 Å². The van der Waals surface area contributed by atoms with Crippen LogP contribution in [0.5, 0.6) is 0 Å². The lowest BCUT2D eigenvalue weighted by Crippen LogP contribution is -2.04. The zero-order valence-corrected chi connectivity index (χ0v) is 12.3. The van der Waals surface area contributed by atoms with Crippen LogP contribution in [0.1, 0.15) is 18.1 Å². The third-order valence-corrected chi connectivity index (χ3v) is 3.45. The number of halogens is 5. The molecule has 23 heavy (non-hydrogen) atoms. The van der Waals surface area contributed by atoms with Gasteiger partial charge < -0.3 is 0 Å². The van der Waals surface area contributed by atoms with Crippen LogP contribution in [-0.4, -0.2) is 5.12 Å². The molecule has 0 bridgehead atoms. The van der Waals surface area contributed by atoms with Crippen LogP contribution in [0.25, 0.3) is 0 Å². The second kappa shape index (κ2) is 6.84. The number of carbonyl (C=O) groups excluding carboxylic acids is 1. The number of hydrogen-bond acceptors (Lipinski definition) is 2. The summed E-state index contributed by atoms with van der Waals surface area (Å²) in [5.41, 5.74) is -0.898. The van der Waals surface area contributed by atoms with Crippen molar-refractivity contribution in [2.75, 3.05) is 0 Å². The van der Waals surface area contributed by atoms with E-state index in [0.29, 0.717) is 10.5 Å². The lowest BCUT2D eigenvalue weighted by Gasteiger charge is -2.02. The summed E-state index contributed by atoms with van der Waals surface area (Å²) >= 11 is 0.984. The fraction of sp³-hybridized carbons (Fsp3) is 0.0625. The molecule has 0 unspecified atom stereocenters. The molecule has 2 rings (SSSR count). The molecule has 118 valence electrons. The van der Waals surface area contributed by atoms with Crippen molar-refractivity contribution < 1.29 is 26.7 Å². The van der Waals surface area contributed by atoms with E-state index in [1.807, 2.05) is 5.92 Å². The van der Waals surface area contributed by atoms with Crippen LogP contribution < -0.4 is 0 Å². The minimum Gasteiger partial charge on any atom is -0.287 e. The highest BCUT2D eigenvalue weighted by atomic mass is 32.2. The maximum atomic E-state index is 13.4. The Bertz CT molecular complexity index is 805. The molecule has 0 aliphatic carbocycles. The quantitative estimate of drug-likeness (QED) is 0.251. The number of carbonyl (C=O) groups is 1. The Hall–Kier alpha value is -2.33. The van der Waals surface area contributed by atoms with Gasteiger partial charge in [-0.25, -0.2) is 22.0 Å². The van der Waals surface area contributed by atoms with Crippen LogP contribution >= 0.6 is 11.8 Å². The molecular formula is C16H7F5OS. The smallest absolute Gasteiger partial charge is 0.200 e. The summed E-state index contributed by atoms with van der Waals surface area (Å²) in [5, 5.41) is -0.120. The van der Waals surface area contributed by atoms with Gasteiger partial charge in [-0.05, 0) is 24.3 Å². The summed E-state index contributed by atoms with van der Waals surface area (Å²) in [6.07, 6.45) is 0. The second-order valence-corrected chi connectivity index (χ2v) is 5.56. The Morgan fingerprint density at radius 3 is 1.78 bits per heavy atom. The SMILES string of the molecule is CC(=O)Sc1ccc(C#Cc2c(F)c(F)c(F)c(F)c2F)cc1. The molecule has 0 aromatic heterocycles. The van der Waals surface area contributed by atoms with Crippen molar-refractivity contribution in [3.63, 3.8) is 0 Å². The molecule has 0 aliphatic rings. The van der Waals surface area contributed by atoms with Crippen molar-refractivity contribution in [3.05, 3.63) is 64.5 Å². The predicted molar refractivity (Wildman–Crippen MR) is 75.2 cm³/mol. The molecule has 0 spiro atoms. The monoisotopic (exact) mass is 342 g/mol. The van der Waals surface area contributed by atoms with Crippen LogP contribution in [0.15, 0.2) is 29.2 Å². The van der Waals surface area contributed by atoms with Gasteiger partial charge in [0, 0.05) is 17.4 Å². The third kappa shape index (κ3) is 3.71. The van der Waals surface area contributed by atoms with Gasteiger partial charge in [-0.3, -0.25) is 4.79 Å². The van der Waals surface area contributed by atoms with E-state index in [2.05, 4.69) is 5.92 Å². The summed E-state index contributed by atoms with van der Waals surface area (Å²) < 4.78 is 65.9. The van der Waals surface area contributed by atoms with Crippen molar-refractivity contribution in [2.24, 2.45) is 0 Å². The van der Waals surface area contributed by atoms with Crippen LogP contribution in [0.3, 0.4) is 0 Å². The first kappa shape index (κ1) is 17.0. The first-order valence-corrected chi connectivity index (χ1v) is 6.95. The minimum atomic E-state index is -2.23. The molecule has 0 N–H and O–H groups in total. The molecular weight excluding hydrogens is 335 g/mol. The molecule has 1 nitrogen and oxygen atoms in total. The summed E-state index contributed by atoms with van der Waals surface area (Å²) in [6, 6.07) is 6.03. The first-order chi connectivity index (χ1) is 10.8. The minimum absolute atomic E-state index is 0.120. The molecule has 2 aromatic carbocycles. The zero-order valence-electron chi connectivity index (χ0n) is 11.5. The van der Waals surface area contributed by atoms with E-state index in [1.165, 1.54) is 19.1 Å². The van der Waals surface area contributed by atoms with E-state index in [1.54, 1.807) is 12.1 Å². The Balaban J connectivity index is 2.38. The third-order valence-electron chi connectivity index (χ3n) is 2.66. The van der Waals surface area contributed by atoms with Gasteiger partial charge in [0.1, 0.15) is 5.56 Å². The normalized spacial score (nSPS) is 10.2. The van der Waals surface area contributed by atoms with Gasteiger partial charge in [0.25, 0.3) is 0 Å². The van der Waals surface area contributed by atoms with Gasteiger partial charge in [0.2, 0.25) is 5.82 Å². The van der Waals surface area contributed by atoms with Crippen molar-refractivity contribution in [3.8, 4) is 11.8 Å². The average Bonchev–Trinajstić information content (AvgIpc) is 2.52. The Morgan fingerprint density at radius 1 is 0.826 bits per heavy atom. The van der Waals surface area contributed by atoms with Crippen LogP contribution in [0.4, 0.5) is 22.0 Å². The Kier molecular flexibility index (Phi) is 5.06. The van der Waals surface area contributed by atoms with E-state index in [9.17, 15) is 26.7 Å². The lowest BCUT2D eigenvalue weighted by atomic mass is 10.1. The van der Waals surface area contributed by atoms with Crippen molar-refractivity contribution >= 4 is 16.9 Å². The molecule has 0 amide bonds. The highest BCUT2D eigenvalue weighted by molar-refractivity contribution is 8.13. The van der Waals surface area contributed by atoms with E-state index in [4.69, 9.17) is 0 Å². The topological polar surface area (TPSA) is 17.1 Å². The second-order valence-electron chi connectivity index (χ2n) is 4.31. The summed E-state index contributed by atoms with van der Waals surface area (Å²) in [7, 11) is 0. The summed E-state index contributed by atoms with van der Waals surface area (Å²) in [5.74, 6) is -5.99. The predicted octanol–water partition coefficient (Wildman–Crippen LogP) is 4.42. The molecule has 0 saturated heterocycles. The van der Waals surface area contributed by atoms with Gasteiger partial charge in [-0.15, -0.1) is 0 Å². The van der Waals surface area contributed by atoms with Crippen molar-refractivity contribution in [1.82, 2.24) is 0 Å². The summed E-state index contributed by atoms with van der Waals surface area (Å²) in [6.45, 7) is 1.39. The standard InChI is InChI=1S/C16H7F5OS/c1-8(22)23-10-5-2-9(3-6-10)4-7-11-12(17)14(19)16(21)15(20)13(11)18/h2-3,5-6H,1H3. The zero-order chi connectivity index (χ0) is 17.1. The fourth-order valence-corrected chi connectivity index (χ4v) is 2.23. The number of benzene rings is 2. The van der Waals surface area contributed by atoms with Gasteiger partial charge in [-0.2, -0.15) is 0 Å². The average molecular weight is 342 g/mol. The largest absolute Gasteiger partial charge is 0.287 e. The van der Waals surface area contributed by atoms with Crippen molar-refractivity contribution in [1.29, 1.82) is 0 Å². The van der Waals surface area contributed by atoms with E-state index < -0.39 is 34.6 Å². The van der Waals surface area contributed by atoms with Gasteiger partial charge >= 0.3 is 0 Å². The molecule has 7 heteroatoms. The number of thioether (sulfide) groups is 1. The molecule has 0 saturated carbocycles. The maximum absolute atomic E-state index is 13.4. The maximum Gasteiger partial charge on any atom is 0.200 e. The number of rotatable bonds is 1. The molecule has 0 aliphatic heterocycles. The first-order valence-electron chi connectivity index (χ1n) is 6.13. The van der Waals surface area contributed by atoms with Crippen LogP contribution in [0.2, 0.25) is 0 Å². The Labute approximate surface area is 132 Å². The Morgan fingerprint density at radius 2 is 1.30 bits per heavy atom. The molecule has 0 radical (unpaired) electrons. The van der Waals surface area contributed by atoms with Crippen molar-refractivity contribution in [2.45, 2.75) is 11.8 Å².